The maximum atomic E-state index is 5.68. The molecule has 2 heteroatoms. The van der Waals surface area contributed by atoms with E-state index in [0.717, 1.165) is 25.3 Å². The summed E-state index contributed by atoms with van der Waals surface area (Å²) in [6, 6.07) is 8.37. The molecule has 0 spiro atoms. The van der Waals surface area contributed by atoms with Gasteiger partial charge in [-0.1, -0.05) is 32.9 Å². The third kappa shape index (κ3) is 3.53. The molecule has 1 aromatic rings. The van der Waals surface area contributed by atoms with Crippen LogP contribution in [0.25, 0.3) is 0 Å². The van der Waals surface area contributed by atoms with Crippen molar-refractivity contribution in [1.29, 1.82) is 0 Å². The maximum Gasteiger partial charge on any atom is 0.119 e. The zero-order valence-electron chi connectivity index (χ0n) is 10.6. The van der Waals surface area contributed by atoms with Gasteiger partial charge in [-0.05, 0) is 42.5 Å². The van der Waals surface area contributed by atoms with Crippen molar-refractivity contribution in [3.8, 4) is 5.75 Å². The fraction of sp³-hybridized carbons (Fsp3) is 0.571. The van der Waals surface area contributed by atoms with Gasteiger partial charge >= 0.3 is 0 Å². The minimum atomic E-state index is 0.505. The maximum absolute atomic E-state index is 5.68. The second-order valence-electron chi connectivity index (χ2n) is 4.42. The molecule has 0 aliphatic carbocycles. The van der Waals surface area contributed by atoms with Gasteiger partial charge in [-0.25, -0.2) is 0 Å². The van der Waals surface area contributed by atoms with E-state index in [4.69, 9.17) is 10.5 Å². The number of ether oxygens (including phenoxy) is 1. The lowest BCUT2D eigenvalue weighted by Gasteiger charge is -2.18. The smallest absolute Gasteiger partial charge is 0.119 e. The van der Waals surface area contributed by atoms with Gasteiger partial charge in [0.25, 0.3) is 0 Å². The van der Waals surface area contributed by atoms with Crippen molar-refractivity contribution in [2.75, 3.05) is 13.2 Å². The first-order valence-electron chi connectivity index (χ1n) is 6.11. The number of rotatable bonds is 6. The molecule has 0 aromatic heterocycles. The Balaban J connectivity index is 2.63. The van der Waals surface area contributed by atoms with E-state index >= 15 is 0 Å². The monoisotopic (exact) mass is 221 g/mol. The second kappa shape index (κ2) is 6.54. The molecule has 0 saturated heterocycles. The van der Waals surface area contributed by atoms with Gasteiger partial charge < -0.3 is 10.5 Å². The van der Waals surface area contributed by atoms with Crippen LogP contribution in [-0.4, -0.2) is 13.2 Å². The standard InChI is InChI=1S/C14H23NO/c1-4-9-16-14-7-5-13(6-8-14)12(3)11(2)10-15/h5-8,11-12H,4,9-10,15H2,1-3H3. The first-order chi connectivity index (χ1) is 7.69. The number of hydrogen-bond acceptors (Lipinski definition) is 2. The van der Waals surface area contributed by atoms with Crippen LogP contribution in [-0.2, 0) is 0 Å². The van der Waals surface area contributed by atoms with Crippen LogP contribution in [0, 0.1) is 5.92 Å². The van der Waals surface area contributed by atoms with Crippen molar-refractivity contribution in [3.05, 3.63) is 29.8 Å². The molecule has 2 nitrogen and oxygen atoms in total. The van der Waals surface area contributed by atoms with E-state index < -0.39 is 0 Å². The SMILES string of the molecule is CCCOc1ccc(C(C)C(C)CN)cc1. The largest absolute Gasteiger partial charge is 0.494 e. The van der Waals surface area contributed by atoms with E-state index in [1.54, 1.807) is 0 Å². The van der Waals surface area contributed by atoms with Crippen molar-refractivity contribution < 1.29 is 4.74 Å². The Morgan fingerprint density at radius 2 is 1.81 bits per heavy atom. The van der Waals surface area contributed by atoms with Gasteiger partial charge in [0.1, 0.15) is 5.75 Å². The molecule has 1 rings (SSSR count). The molecule has 0 bridgehead atoms. The molecule has 0 aliphatic heterocycles. The first kappa shape index (κ1) is 13.0. The zero-order chi connectivity index (χ0) is 12.0. The van der Waals surface area contributed by atoms with E-state index in [1.165, 1.54) is 5.56 Å². The van der Waals surface area contributed by atoms with Crippen molar-refractivity contribution in [1.82, 2.24) is 0 Å². The van der Waals surface area contributed by atoms with Crippen LogP contribution in [0.4, 0.5) is 0 Å². The summed E-state index contributed by atoms with van der Waals surface area (Å²) in [5.74, 6) is 1.98. The minimum absolute atomic E-state index is 0.505. The van der Waals surface area contributed by atoms with E-state index in [9.17, 15) is 0 Å². The molecule has 0 fully saturated rings. The molecular weight excluding hydrogens is 198 g/mol. The van der Waals surface area contributed by atoms with Crippen LogP contribution in [0.3, 0.4) is 0 Å². The molecule has 90 valence electrons. The summed E-state index contributed by atoms with van der Waals surface area (Å²) in [7, 11) is 0. The van der Waals surface area contributed by atoms with Crippen molar-refractivity contribution in [2.45, 2.75) is 33.1 Å². The lowest BCUT2D eigenvalue weighted by atomic mass is 9.89. The Morgan fingerprint density at radius 1 is 1.19 bits per heavy atom. The van der Waals surface area contributed by atoms with Crippen LogP contribution in [0.1, 0.15) is 38.7 Å². The Bertz CT molecular complexity index is 294. The van der Waals surface area contributed by atoms with Crippen LogP contribution in [0.15, 0.2) is 24.3 Å². The predicted octanol–water partition coefficient (Wildman–Crippen LogP) is 3.17. The number of benzene rings is 1. The quantitative estimate of drug-likeness (QED) is 0.800. The molecular formula is C14H23NO. The Labute approximate surface area is 98.8 Å². The normalized spacial score (nSPS) is 14.5. The molecule has 0 radical (unpaired) electrons. The molecule has 16 heavy (non-hydrogen) atoms. The number of hydrogen-bond donors (Lipinski definition) is 1. The third-order valence-electron chi connectivity index (χ3n) is 3.10. The average molecular weight is 221 g/mol. The van der Waals surface area contributed by atoms with E-state index in [2.05, 4.69) is 32.9 Å². The summed E-state index contributed by atoms with van der Waals surface area (Å²) in [5.41, 5.74) is 7.02. The van der Waals surface area contributed by atoms with Crippen LogP contribution >= 0.6 is 0 Å². The summed E-state index contributed by atoms with van der Waals surface area (Å²) < 4.78 is 5.55. The highest BCUT2D eigenvalue weighted by Gasteiger charge is 2.12. The van der Waals surface area contributed by atoms with Crippen molar-refractivity contribution in [2.24, 2.45) is 11.7 Å². The second-order valence-corrected chi connectivity index (χ2v) is 4.42. The van der Waals surface area contributed by atoms with Gasteiger partial charge in [0.05, 0.1) is 6.61 Å². The Kier molecular flexibility index (Phi) is 5.33. The predicted molar refractivity (Wildman–Crippen MR) is 68.9 cm³/mol. The van der Waals surface area contributed by atoms with E-state index in [-0.39, 0.29) is 0 Å². The lowest BCUT2D eigenvalue weighted by molar-refractivity contribution is 0.317. The molecule has 2 N–H and O–H groups in total. The van der Waals surface area contributed by atoms with Crippen molar-refractivity contribution >= 4 is 0 Å². The van der Waals surface area contributed by atoms with Gasteiger partial charge in [0, 0.05) is 0 Å². The van der Waals surface area contributed by atoms with Crippen molar-refractivity contribution in [3.63, 3.8) is 0 Å². The minimum Gasteiger partial charge on any atom is -0.494 e. The molecule has 0 heterocycles. The summed E-state index contributed by atoms with van der Waals surface area (Å²) in [6.45, 7) is 8.04. The first-order valence-corrected chi connectivity index (χ1v) is 6.11. The molecule has 0 aliphatic rings. The van der Waals surface area contributed by atoms with Gasteiger partial charge in [0.15, 0.2) is 0 Å². The molecule has 2 unspecified atom stereocenters. The average Bonchev–Trinajstić information content (AvgIpc) is 2.35. The Hall–Kier alpha value is -1.02. The fourth-order valence-electron chi connectivity index (χ4n) is 1.62. The van der Waals surface area contributed by atoms with E-state index in [0.29, 0.717) is 11.8 Å². The summed E-state index contributed by atoms with van der Waals surface area (Å²) in [4.78, 5) is 0. The van der Waals surface area contributed by atoms with Gasteiger partial charge in [-0.15, -0.1) is 0 Å². The van der Waals surface area contributed by atoms with Crippen LogP contribution < -0.4 is 10.5 Å². The highest BCUT2D eigenvalue weighted by atomic mass is 16.5. The number of nitrogens with two attached hydrogens (primary N) is 1. The fourth-order valence-corrected chi connectivity index (χ4v) is 1.62. The molecule has 1 aromatic carbocycles. The molecule has 0 saturated carbocycles. The zero-order valence-corrected chi connectivity index (χ0v) is 10.6. The van der Waals surface area contributed by atoms with Gasteiger partial charge in [-0.3, -0.25) is 0 Å². The molecule has 2 atom stereocenters. The molecule has 0 amide bonds. The van der Waals surface area contributed by atoms with Crippen LogP contribution in [0.5, 0.6) is 5.75 Å². The highest BCUT2D eigenvalue weighted by molar-refractivity contribution is 5.29. The van der Waals surface area contributed by atoms with E-state index in [1.807, 2.05) is 12.1 Å². The third-order valence-corrected chi connectivity index (χ3v) is 3.10. The summed E-state index contributed by atoms with van der Waals surface area (Å²) >= 11 is 0. The highest BCUT2D eigenvalue weighted by Crippen LogP contribution is 2.25. The Morgan fingerprint density at radius 3 is 2.31 bits per heavy atom. The summed E-state index contributed by atoms with van der Waals surface area (Å²) in [5, 5.41) is 0. The van der Waals surface area contributed by atoms with Crippen LogP contribution in [0.2, 0.25) is 0 Å². The topological polar surface area (TPSA) is 35.2 Å². The summed E-state index contributed by atoms with van der Waals surface area (Å²) in [6.07, 6.45) is 1.04. The van der Waals surface area contributed by atoms with Gasteiger partial charge in [-0.2, -0.15) is 0 Å². The van der Waals surface area contributed by atoms with Gasteiger partial charge in [0.2, 0.25) is 0 Å². The lowest BCUT2D eigenvalue weighted by Crippen LogP contribution is -2.16.